The Balaban J connectivity index is 2.21. The first-order chi connectivity index (χ1) is 11.9. The van der Waals surface area contributed by atoms with Gasteiger partial charge < -0.3 is 10.4 Å². The van der Waals surface area contributed by atoms with Crippen LogP contribution in [0.15, 0.2) is 54.9 Å². The van der Waals surface area contributed by atoms with Crippen LogP contribution in [0.5, 0.6) is 0 Å². The lowest BCUT2D eigenvalue weighted by atomic mass is 9.94. The number of fused-ring (bicyclic) bond motifs is 1. The van der Waals surface area contributed by atoms with Crippen LogP contribution in [0.2, 0.25) is 0 Å². The number of pyridine rings is 1. The fourth-order valence-corrected chi connectivity index (χ4v) is 2.74. The van der Waals surface area contributed by atoms with E-state index in [0.29, 0.717) is 11.3 Å². The Hall–Kier alpha value is -3.39. The van der Waals surface area contributed by atoms with Gasteiger partial charge >= 0.3 is 5.97 Å². The fourth-order valence-electron chi connectivity index (χ4n) is 2.74. The Labute approximate surface area is 145 Å². The van der Waals surface area contributed by atoms with Gasteiger partial charge in [-0.3, -0.25) is 4.98 Å². The third kappa shape index (κ3) is 3.02. The van der Waals surface area contributed by atoms with Crippen LogP contribution >= 0.6 is 0 Å². The van der Waals surface area contributed by atoms with E-state index in [0.717, 1.165) is 21.9 Å². The maximum atomic E-state index is 11.5. The van der Waals surface area contributed by atoms with Crippen LogP contribution in [0.3, 0.4) is 0 Å². The van der Waals surface area contributed by atoms with E-state index in [-0.39, 0.29) is 0 Å². The van der Waals surface area contributed by atoms with Gasteiger partial charge in [-0.15, -0.1) is 0 Å². The first kappa shape index (κ1) is 16.5. The lowest BCUT2D eigenvalue weighted by molar-refractivity contribution is -0.141. The van der Waals surface area contributed by atoms with Crippen LogP contribution < -0.4 is 5.32 Å². The molecule has 0 aliphatic carbocycles. The molecule has 0 spiro atoms. The van der Waals surface area contributed by atoms with Crippen LogP contribution in [-0.4, -0.2) is 21.6 Å². The SMILES string of the molecule is CC(C)(Nc1ccncc1-c1ccc(C#N)c2ccccc12)C(=O)O. The summed E-state index contributed by atoms with van der Waals surface area (Å²) < 4.78 is 0. The maximum absolute atomic E-state index is 11.5. The Morgan fingerprint density at radius 3 is 2.52 bits per heavy atom. The molecule has 0 saturated carbocycles. The van der Waals surface area contributed by atoms with Crippen molar-refractivity contribution in [2.75, 3.05) is 5.32 Å². The highest BCUT2D eigenvalue weighted by atomic mass is 16.4. The molecule has 0 aliphatic heterocycles. The number of hydrogen-bond donors (Lipinski definition) is 2. The molecule has 1 heterocycles. The fraction of sp³-hybridized carbons (Fsp3) is 0.150. The van der Waals surface area contributed by atoms with E-state index >= 15 is 0 Å². The average molecular weight is 331 g/mol. The number of nitrogens with one attached hydrogen (secondary N) is 1. The molecule has 5 heteroatoms. The minimum Gasteiger partial charge on any atom is -0.480 e. The van der Waals surface area contributed by atoms with E-state index in [1.54, 1.807) is 38.4 Å². The summed E-state index contributed by atoms with van der Waals surface area (Å²) in [6, 6.07) is 15.3. The normalized spacial score (nSPS) is 11.1. The zero-order valence-corrected chi connectivity index (χ0v) is 13.9. The molecule has 5 nitrogen and oxygen atoms in total. The summed E-state index contributed by atoms with van der Waals surface area (Å²) in [7, 11) is 0. The highest BCUT2D eigenvalue weighted by Crippen LogP contribution is 2.35. The lowest BCUT2D eigenvalue weighted by Gasteiger charge is -2.24. The number of anilines is 1. The number of aliphatic carboxylic acids is 1. The molecule has 0 bridgehead atoms. The van der Waals surface area contributed by atoms with Crippen LogP contribution in [0.1, 0.15) is 19.4 Å². The second-order valence-corrected chi connectivity index (χ2v) is 6.29. The third-order valence-electron chi connectivity index (χ3n) is 4.14. The van der Waals surface area contributed by atoms with Crippen molar-refractivity contribution in [3.63, 3.8) is 0 Å². The minimum absolute atomic E-state index is 0.601. The van der Waals surface area contributed by atoms with Crippen LogP contribution in [0, 0.1) is 11.3 Å². The Kier molecular flexibility index (Phi) is 4.12. The van der Waals surface area contributed by atoms with E-state index in [4.69, 9.17) is 0 Å². The van der Waals surface area contributed by atoms with Gasteiger partial charge in [0.2, 0.25) is 0 Å². The molecule has 0 fully saturated rings. The minimum atomic E-state index is -1.13. The smallest absolute Gasteiger partial charge is 0.328 e. The number of nitrogens with zero attached hydrogens (tertiary/aromatic N) is 2. The molecule has 2 N–H and O–H groups in total. The van der Waals surface area contributed by atoms with E-state index in [1.807, 2.05) is 30.3 Å². The molecular weight excluding hydrogens is 314 g/mol. The summed E-state index contributed by atoms with van der Waals surface area (Å²) in [4.78, 5) is 15.6. The first-order valence-corrected chi connectivity index (χ1v) is 7.82. The molecule has 0 radical (unpaired) electrons. The van der Waals surface area contributed by atoms with E-state index in [9.17, 15) is 15.2 Å². The maximum Gasteiger partial charge on any atom is 0.328 e. The monoisotopic (exact) mass is 331 g/mol. The molecule has 1 aromatic heterocycles. The first-order valence-electron chi connectivity index (χ1n) is 7.82. The molecule has 0 aliphatic rings. The summed E-state index contributed by atoms with van der Waals surface area (Å²) in [6.07, 6.45) is 3.32. The summed E-state index contributed by atoms with van der Waals surface area (Å²) in [5.41, 5.74) is 1.84. The molecule has 0 saturated heterocycles. The van der Waals surface area contributed by atoms with E-state index < -0.39 is 11.5 Å². The molecule has 25 heavy (non-hydrogen) atoms. The van der Waals surface area contributed by atoms with Crippen LogP contribution in [-0.2, 0) is 4.79 Å². The Bertz CT molecular complexity index is 1000. The zero-order chi connectivity index (χ0) is 18.0. The summed E-state index contributed by atoms with van der Waals surface area (Å²) in [5, 5.41) is 23.6. The van der Waals surface area contributed by atoms with Crippen molar-refractivity contribution in [2.45, 2.75) is 19.4 Å². The van der Waals surface area contributed by atoms with Gasteiger partial charge in [-0.2, -0.15) is 5.26 Å². The number of hydrogen-bond acceptors (Lipinski definition) is 4. The quantitative estimate of drug-likeness (QED) is 0.753. The van der Waals surface area contributed by atoms with Crippen molar-refractivity contribution in [2.24, 2.45) is 0 Å². The van der Waals surface area contributed by atoms with Gasteiger partial charge in [-0.05, 0) is 36.9 Å². The molecule has 124 valence electrons. The highest BCUT2D eigenvalue weighted by molar-refractivity contribution is 6.02. The second kappa shape index (κ2) is 6.25. The van der Waals surface area contributed by atoms with Gasteiger partial charge in [0.25, 0.3) is 0 Å². The molecule has 0 unspecified atom stereocenters. The topological polar surface area (TPSA) is 86.0 Å². The molecular formula is C20H17N3O2. The number of carbonyl (C=O) groups is 1. The second-order valence-electron chi connectivity index (χ2n) is 6.29. The van der Waals surface area contributed by atoms with Gasteiger partial charge in [0.05, 0.1) is 11.6 Å². The summed E-state index contributed by atoms with van der Waals surface area (Å²) >= 11 is 0. The van der Waals surface area contributed by atoms with Crippen molar-refractivity contribution in [1.29, 1.82) is 5.26 Å². The number of aromatic nitrogens is 1. The average Bonchev–Trinajstić information content (AvgIpc) is 2.61. The number of carboxylic acids is 1. The Morgan fingerprint density at radius 1 is 1.12 bits per heavy atom. The molecule has 3 aromatic rings. The van der Waals surface area contributed by atoms with Crippen molar-refractivity contribution in [3.05, 3.63) is 60.4 Å². The summed E-state index contributed by atoms with van der Waals surface area (Å²) in [6.45, 7) is 3.22. The molecule has 2 aromatic carbocycles. The molecule has 3 rings (SSSR count). The Morgan fingerprint density at radius 2 is 1.84 bits per heavy atom. The zero-order valence-electron chi connectivity index (χ0n) is 13.9. The number of carboxylic acid groups (broad SMARTS) is 1. The van der Waals surface area contributed by atoms with Gasteiger partial charge in [-0.1, -0.05) is 30.3 Å². The van der Waals surface area contributed by atoms with Gasteiger partial charge in [-0.25, -0.2) is 4.79 Å². The highest BCUT2D eigenvalue weighted by Gasteiger charge is 2.27. The van der Waals surface area contributed by atoms with E-state index in [1.165, 1.54) is 0 Å². The predicted octanol–water partition coefficient (Wildman–Crippen LogP) is 4.05. The molecule has 0 atom stereocenters. The van der Waals surface area contributed by atoms with Gasteiger partial charge in [0, 0.05) is 29.0 Å². The van der Waals surface area contributed by atoms with Crippen molar-refractivity contribution in [3.8, 4) is 17.2 Å². The lowest BCUT2D eigenvalue weighted by Crippen LogP contribution is -2.40. The number of nitriles is 1. The van der Waals surface area contributed by atoms with Gasteiger partial charge in [0.15, 0.2) is 0 Å². The number of rotatable bonds is 4. The number of benzene rings is 2. The van der Waals surface area contributed by atoms with Gasteiger partial charge in [0.1, 0.15) is 5.54 Å². The molecule has 0 amide bonds. The third-order valence-corrected chi connectivity index (χ3v) is 4.14. The summed E-state index contributed by atoms with van der Waals surface area (Å²) in [5.74, 6) is -0.944. The van der Waals surface area contributed by atoms with Crippen molar-refractivity contribution in [1.82, 2.24) is 4.98 Å². The van der Waals surface area contributed by atoms with Crippen molar-refractivity contribution >= 4 is 22.4 Å². The van der Waals surface area contributed by atoms with Crippen molar-refractivity contribution < 1.29 is 9.90 Å². The van der Waals surface area contributed by atoms with Crippen LogP contribution in [0.4, 0.5) is 5.69 Å². The largest absolute Gasteiger partial charge is 0.480 e. The van der Waals surface area contributed by atoms with E-state index in [2.05, 4.69) is 16.4 Å². The van der Waals surface area contributed by atoms with Crippen LogP contribution in [0.25, 0.3) is 21.9 Å². The predicted molar refractivity (Wildman–Crippen MR) is 97.2 cm³/mol. The standard InChI is InChI=1S/C20H17N3O2/c1-20(2,19(24)25)23-18-9-10-22-12-17(18)16-8-7-13(11-21)14-5-3-4-6-15(14)16/h3-10,12H,1-2H3,(H,22,23)(H,24,25).